The van der Waals surface area contributed by atoms with Crippen LogP contribution in [0.25, 0.3) is 6.08 Å². The van der Waals surface area contributed by atoms with Gasteiger partial charge in [-0.3, -0.25) is 4.79 Å². The molecule has 28 heavy (non-hydrogen) atoms. The summed E-state index contributed by atoms with van der Waals surface area (Å²) >= 11 is 0. The molecule has 2 aliphatic heterocycles. The minimum Gasteiger partial charge on any atom is -0.504 e. The third-order valence-electron chi connectivity index (χ3n) is 4.21. The summed E-state index contributed by atoms with van der Waals surface area (Å²) in [5.74, 6) is -3.24. The van der Waals surface area contributed by atoms with E-state index in [0.717, 1.165) is 6.08 Å². The van der Waals surface area contributed by atoms with Crippen LogP contribution >= 0.6 is 0 Å². The number of ketones is 1. The van der Waals surface area contributed by atoms with E-state index in [-0.39, 0.29) is 18.1 Å². The molecule has 0 radical (unpaired) electrons. The summed E-state index contributed by atoms with van der Waals surface area (Å²) in [7, 11) is 1.39. The van der Waals surface area contributed by atoms with Crippen molar-refractivity contribution in [2.45, 2.75) is 37.9 Å². The zero-order valence-corrected chi connectivity index (χ0v) is 15.5. The van der Waals surface area contributed by atoms with E-state index in [1.54, 1.807) is 19.9 Å². The second kappa shape index (κ2) is 7.61. The quantitative estimate of drug-likeness (QED) is 0.444. The molecule has 0 aliphatic carbocycles. The number of hydrogen-bond donors (Lipinski definition) is 1. The standard InChI is InChI=1S/C19H20O9/c1-19(2)25-9-13(28-19)16-15(22)17(18(23)27-16)26-14(21)7-5-10-4-6-11(20)12(8-10)24-3/h4-8,13,16-17,20H,9H2,1-3H3. The number of Topliss-reactive ketones (excluding diaryl/α,β-unsaturated/α-hetero) is 1. The monoisotopic (exact) mass is 392 g/mol. The van der Waals surface area contributed by atoms with Crippen molar-refractivity contribution in [3.63, 3.8) is 0 Å². The van der Waals surface area contributed by atoms with Crippen molar-refractivity contribution >= 4 is 23.8 Å². The van der Waals surface area contributed by atoms with E-state index in [2.05, 4.69) is 0 Å². The molecule has 2 saturated heterocycles. The molecular weight excluding hydrogens is 372 g/mol. The van der Waals surface area contributed by atoms with Gasteiger partial charge in [-0.1, -0.05) is 6.07 Å². The molecule has 9 nitrogen and oxygen atoms in total. The SMILES string of the molecule is COc1cc(C=CC(=O)OC2C(=O)OC(C3COC(C)(C)O3)C2=O)ccc1O. The lowest BCUT2D eigenvalue weighted by Gasteiger charge is -2.19. The van der Waals surface area contributed by atoms with Crippen LogP contribution in [-0.4, -0.2) is 60.6 Å². The van der Waals surface area contributed by atoms with Gasteiger partial charge < -0.3 is 28.8 Å². The van der Waals surface area contributed by atoms with Crippen LogP contribution in [0.2, 0.25) is 0 Å². The van der Waals surface area contributed by atoms with Crippen molar-refractivity contribution in [2.75, 3.05) is 13.7 Å². The number of cyclic esters (lactones) is 1. The van der Waals surface area contributed by atoms with Crippen LogP contribution in [0.15, 0.2) is 24.3 Å². The number of rotatable bonds is 5. The summed E-state index contributed by atoms with van der Waals surface area (Å²) in [5.41, 5.74) is 0.545. The molecule has 3 rings (SSSR count). The highest BCUT2D eigenvalue weighted by molar-refractivity contribution is 6.11. The summed E-state index contributed by atoms with van der Waals surface area (Å²) in [6.07, 6.45) is -1.14. The lowest BCUT2D eigenvalue weighted by Crippen LogP contribution is -2.38. The Morgan fingerprint density at radius 1 is 1.32 bits per heavy atom. The molecule has 0 amide bonds. The Hall–Kier alpha value is -2.91. The summed E-state index contributed by atoms with van der Waals surface area (Å²) in [6.45, 7) is 3.43. The van der Waals surface area contributed by atoms with Gasteiger partial charge >= 0.3 is 11.9 Å². The maximum absolute atomic E-state index is 12.4. The van der Waals surface area contributed by atoms with Crippen LogP contribution in [0, 0.1) is 0 Å². The number of carbonyl (C=O) groups excluding carboxylic acids is 3. The molecule has 2 aliphatic rings. The highest BCUT2D eigenvalue weighted by atomic mass is 16.8. The van der Waals surface area contributed by atoms with Crippen LogP contribution < -0.4 is 4.74 Å². The van der Waals surface area contributed by atoms with E-state index in [4.69, 9.17) is 23.7 Å². The molecular formula is C19H20O9. The Kier molecular flexibility index (Phi) is 5.39. The molecule has 2 fully saturated rings. The Labute approximate surface area is 160 Å². The zero-order chi connectivity index (χ0) is 20.5. The Morgan fingerprint density at radius 2 is 2.07 bits per heavy atom. The van der Waals surface area contributed by atoms with Crippen LogP contribution in [0.1, 0.15) is 19.4 Å². The molecule has 2 heterocycles. The van der Waals surface area contributed by atoms with Crippen molar-refractivity contribution in [1.29, 1.82) is 0 Å². The number of carbonyl (C=O) groups is 3. The summed E-state index contributed by atoms with van der Waals surface area (Å²) in [4.78, 5) is 36.4. The second-order valence-corrected chi connectivity index (χ2v) is 6.71. The van der Waals surface area contributed by atoms with Crippen molar-refractivity contribution in [3.05, 3.63) is 29.8 Å². The minimum absolute atomic E-state index is 0.0474. The van der Waals surface area contributed by atoms with Crippen molar-refractivity contribution < 1.29 is 43.2 Å². The number of phenols is 1. The fourth-order valence-electron chi connectivity index (χ4n) is 2.86. The van der Waals surface area contributed by atoms with Crippen molar-refractivity contribution in [3.8, 4) is 11.5 Å². The van der Waals surface area contributed by atoms with E-state index < -0.39 is 41.8 Å². The molecule has 1 N–H and O–H groups in total. The number of aromatic hydroxyl groups is 1. The van der Waals surface area contributed by atoms with Crippen LogP contribution in [0.4, 0.5) is 0 Å². The molecule has 0 saturated carbocycles. The average Bonchev–Trinajstić information content (AvgIpc) is 3.14. The van der Waals surface area contributed by atoms with Gasteiger partial charge in [-0.2, -0.15) is 0 Å². The fourth-order valence-corrected chi connectivity index (χ4v) is 2.86. The Morgan fingerprint density at radius 3 is 2.71 bits per heavy atom. The molecule has 0 spiro atoms. The van der Waals surface area contributed by atoms with Crippen LogP contribution in [0.3, 0.4) is 0 Å². The number of esters is 2. The van der Waals surface area contributed by atoms with Crippen LogP contribution in [-0.2, 0) is 33.3 Å². The molecule has 1 aromatic carbocycles. The van der Waals surface area contributed by atoms with Gasteiger partial charge in [0.2, 0.25) is 5.78 Å². The second-order valence-electron chi connectivity index (χ2n) is 6.71. The first kappa shape index (κ1) is 19.8. The predicted molar refractivity (Wildman–Crippen MR) is 93.4 cm³/mol. The first-order chi connectivity index (χ1) is 13.2. The smallest absolute Gasteiger partial charge is 0.356 e. The van der Waals surface area contributed by atoms with Gasteiger partial charge in [-0.15, -0.1) is 0 Å². The van der Waals surface area contributed by atoms with Gasteiger partial charge in [-0.05, 0) is 37.6 Å². The summed E-state index contributed by atoms with van der Waals surface area (Å²) in [5, 5.41) is 9.56. The first-order valence-electron chi connectivity index (χ1n) is 8.52. The summed E-state index contributed by atoms with van der Waals surface area (Å²) in [6, 6.07) is 4.45. The highest BCUT2D eigenvalue weighted by Crippen LogP contribution is 2.29. The van der Waals surface area contributed by atoms with Gasteiger partial charge in [-0.25, -0.2) is 9.59 Å². The molecule has 3 unspecified atom stereocenters. The zero-order valence-electron chi connectivity index (χ0n) is 15.5. The van der Waals surface area contributed by atoms with Gasteiger partial charge in [0.05, 0.1) is 13.7 Å². The largest absolute Gasteiger partial charge is 0.504 e. The van der Waals surface area contributed by atoms with Crippen molar-refractivity contribution in [2.24, 2.45) is 0 Å². The molecule has 150 valence electrons. The Bertz CT molecular complexity index is 827. The van der Waals surface area contributed by atoms with E-state index in [9.17, 15) is 19.5 Å². The van der Waals surface area contributed by atoms with Gasteiger partial charge in [0.25, 0.3) is 6.10 Å². The lowest BCUT2D eigenvalue weighted by atomic mass is 10.1. The third-order valence-corrected chi connectivity index (χ3v) is 4.21. The molecule has 0 bridgehead atoms. The average molecular weight is 392 g/mol. The number of ether oxygens (including phenoxy) is 5. The first-order valence-corrected chi connectivity index (χ1v) is 8.52. The van der Waals surface area contributed by atoms with E-state index in [1.165, 1.54) is 25.3 Å². The fraction of sp³-hybridized carbons (Fsp3) is 0.421. The molecule has 1 aromatic rings. The molecule has 3 atom stereocenters. The maximum Gasteiger partial charge on any atom is 0.356 e. The van der Waals surface area contributed by atoms with E-state index in [1.807, 2.05) is 0 Å². The number of benzene rings is 1. The van der Waals surface area contributed by atoms with Crippen molar-refractivity contribution in [1.82, 2.24) is 0 Å². The lowest BCUT2D eigenvalue weighted by molar-refractivity contribution is -0.165. The topological polar surface area (TPSA) is 118 Å². The Balaban J connectivity index is 1.62. The van der Waals surface area contributed by atoms with Gasteiger partial charge in [0, 0.05) is 6.08 Å². The van der Waals surface area contributed by atoms with Crippen LogP contribution in [0.5, 0.6) is 11.5 Å². The highest BCUT2D eigenvalue weighted by Gasteiger charge is 2.53. The molecule has 0 aromatic heterocycles. The normalized spacial score (nSPS) is 26.5. The maximum atomic E-state index is 12.4. The predicted octanol–water partition coefficient (Wildman–Crippen LogP) is 0.972. The number of methoxy groups -OCH3 is 1. The number of phenolic OH excluding ortho intramolecular Hbond substituents is 1. The van der Waals surface area contributed by atoms with E-state index >= 15 is 0 Å². The molecule has 9 heteroatoms. The van der Waals surface area contributed by atoms with Gasteiger partial charge in [0.1, 0.15) is 6.10 Å². The third kappa shape index (κ3) is 4.15. The summed E-state index contributed by atoms with van der Waals surface area (Å²) < 4.78 is 25.9. The number of hydrogen-bond acceptors (Lipinski definition) is 9. The van der Waals surface area contributed by atoms with Gasteiger partial charge in [0.15, 0.2) is 23.4 Å². The minimum atomic E-state index is -1.65. The van der Waals surface area contributed by atoms with E-state index in [0.29, 0.717) is 5.56 Å².